The zero-order chi connectivity index (χ0) is 13.2. The van der Waals surface area contributed by atoms with E-state index >= 15 is 0 Å². The summed E-state index contributed by atoms with van der Waals surface area (Å²) >= 11 is 0. The molecule has 0 aromatic heterocycles. The number of hydrogen-bond acceptors (Lipinski definition) is 2. The lowest BCUT2D eigenvalue weighted by Crippen LogP contribution is -2.30. The van der Waals surface area contributed by atoms with Crippen molar-refractivity contribution < 1.29 is 22.7 Å². The summed E-state index contributed by atoms with van der Waals surface area (Å²) in [6.45, 7) is 0. The smallest absolute Gasteiger partial charge is 0.248 e. The van der Waals surface area contributed by atoms with Crippen molar-refractivity contribution in [3.8, 4) is 5.75 Å². The number of benzene rings is 1. The molecule has 2 rings (SSSR count). The average molecular weight is 258 g/mol. The second-order valence-electron chi connectivity index (χ2n) is 4.48. The van der Waals surface area contributed by atoms with Crippen LogP contribution in [-0.4, -0.2) is 18.3 Å². The molecule has 0 heterocycles. The maximum Gasteiger partial charge on any atom is 0.248 e. The van der Waals surface area contributed by atoms with E-state index in [-0.39, 0.29) is 43.1 Å². The fourth-order valence-corrected chi connectivity index (χ4v) is 2.00. The summed E-state index contributed by atoms with van der Waals surface area (Å²) in [7, 11) is 0. The molecule has 1 saturated carbocycles. The van der Waals surface area contributed by atoms with Crippen molar-refractivity contribution in [3.63, 3.8) is 0 Å². The first-order valence-corrected chi connectivity index (χ1v) is 5.79. The Morgan fingerprint density at radius 2 is 1.94 bits per heavy atom. The topological polar surface area (TPSA) is 26.3 Å². The zero-order valence-electron chi connectivity index (χ0n) is 9.67. The lowest BCUT2D eigenvalue weighted by atomic mass is 9.94. The van der Waals surface area contributed by atoms with Crippen LogP contribution >= 0.6 is 0 Å². The van der Waals surface area contributed by atoms with Gasteiger partial charge in [0.05, 0.1) is 6.10 Å². The third-order valence-corrected chi connectivity index (χ3v) is 3.05. The van der Waals surface area contributed by atoms with Crippen LogP contribution < -0.4 is 4.74 Å². The molecule has 0 saturated heterocycles. The van der Waals surface area contributed by atoms with Crippen molar-refractivity contribution in [3.05, 3.63) is 29.6 Å². The first-order chi connectivity index (χ1) is 8.50. The second-order valence-corrected chi connectivity index (χ2v) is 4.48. The molecule has 0 aliphatic heterocycles. The van der Waals surface area contributed by atoms with Crippen LogP contribution in [-0.2, 0) is 0 Å². The molecule has 1 fully saturated rings. The first-order valence-electron chi connectivity index (χ1n) is 5.79. The van der Waals surface area contributed by atoms with E-state index in [1.807, 2.05) is 0 Å². The highest BCUT2D eigenvalue weighted by molar-refractivity contribution is 5.74. The molecule has 0 radical (unpaired) electrons. The third-order valence-electron chi connectivity index (χ3n) is 3.05. The summed E-state index contributed by atoms with van der Waals surface area (Å²) in [5.41, 5.74) is 0.218. The minimum atomic E-state index is -2.63. The van der Waals surface area contributed by atoms with Gasteiger partial charge in [-0.2, -0.15) is 0 Å². The van der Waals surface area contributed by atoms with Crippen LogP contribution in [0.2, 0.25) is 0 Å². The lowest BCUT2D eigenvalue weighted by Gasteiger charge is -2.28. The summed E-state index contributed by atoms with van der Waals surface area (Å²) in [4.78, 5) is 10.4. The van der Waals surface area contributed by atoms with Crippen LogP contribution in [0.1, 0.15) is 36.0 Å². The summed E-state index contributed by atoms with van der Waals surface area (Å²) in [5.74, 6) is -3.26. The number of hydrogen-bond donors (Lipinski definition) is 0. The first kappa shape index (κ1) is 12.9. The fraction of sp³-hybridized carbons (Fsp3) is 0.462. The van der Waals surface area contributed by atoms with Gasteiger partial charge in [-0.15, -0.1) is 0 Å². The molecule has 5 heteroatoms. The van der Waals surface area contributed by atoms with Crippen LogP contribution in [0.5, 0.6) is 5.75 Å². The summed E-state index contributed by atoms with van der Waals surface area (Å²) < 4.78 is 44.7. The minimum absolute atomic E-state index is 0.0100. The van der Waals surface area contributed by atoms with Gasteiger partial charge in [-0.1, -0.05) is 0 Å². The van der Waals surface area contributed by atoms with Gasteiger partial charge in [-0.05, 0) is 31.0 Å². The van der Waals surface area contributed by atoms with E-state index in [4.69, 9.17) is 4.74 Å². The Balaban J connectivity index is 2.00. The highest BCUT2D eigenvalue weighted by atomic mass is 19.3. The molecule has 1 aliphatic carbocycles. The molecular formula is C13H13F3O2. The molecule has 1 aromatic carbocycles. The normalized spacial score (nSPS) is 19.5. The molecular weight excluding hydrogens is 245 g/mol. The van der Waals surface area contributed by atoms with Crippen LogP contribution in [0.4, 0.5) is 13.2 Å². The summed E-state index contributed by atoms with van der Waals surface area (Å²) in [5, 5.41) is 0. The number of rotatable bonds is 3. The largest absolute Gasteiger partial charge is 0.487 e. The molecule has 0 unspecified atom stereocenters. The summed E-state index contributed by atoms with van der Waals surface area (Å²) in [6, 6.07) is 3.86. The monoisotopic (exact) mass is 258 g/mol. The van der Waals surface area contributed by atoms with Gasteiger partial charge in [-0.25, -0.2) is 13.2 Å². The predicted octanol–water partition coefficient (Wildman–Crippen LogP) is 3.59. The number of ether oxygens (including phenoxy) is 1. The van der Waals surface area contributed by atoms with Crippen molar-refractivity contribution in [1.29, 1.82) is 0 Å². The highest BCUT2D eigenvalue weighted by Crippen LogP contribution is 2.35. The van der Waals surface area contributed by atoms with E-state index in [1.54, 1.807) is 0 Å². The van der Waals surface area contributed by atoms with Crippen molar-refractivity contribution in [2.45, 2.75) is 37.7 Å². The number of aldehydes is 1. The van der Waals surface area contributed by atoms with Crippen molar-refractivity contribution in [2.75, 3.05) is 0 Å². The Bertz CT molecular complexity index is 436. The Hall–Kier alpha value is -1.52. The molecule has 18 heavy (non-hydrogen) atoms. The van der Waals surface area contributed by atoms with E-state index in [9.17, 15) is 18.0 Å². The van der Waals surface area contributed by atoms with Crippen molar-refractivity contribution in [2.24, 2.45) is 0 Å². The van der Waals surface area contributed by atoms with Gasteiger partial charge in [0.15, 0.2) is 11.6 Å². The van der Waals surface area contributed by atoms with Crippen LogP contribution in [0.25, 0.3) is 0 Å². The van der Waals surface area contributed by atoms with Crippen LogP contribution in [0.15, 0.2) is 18.2 Å². The van der Waals surface area contributed by atoms with Gasteiger partial charge < -0.3 is 4.74 Å². The quantitative estimate of drug-likeness (QED) is 0.774. The maximum absolute atomic E-state index is 13.5. The number of carbonyl (C=O) groups excluding carboxylic acids is 1. The van der Waals surface area contributed by atoms with Crippen molar-refractivity contribution in [1.82, 2.24) is 0 Å². The predicted molar refractivity (Wildman–Crippen MR) is 59.6 cm³/mol. The SMILES string of the molecule is O=Cc1ccc(OC2CCC(F)(F)CC2)c(F)c1. The van der Waals surface area contributed by atoms with Gasteiger partial charge in [-0.3, -0.25) is 4.79 Å². The number of alkyl halides is 2. The van der Waals surface area contributed by atoms with Gasteiger partial charge in [0.25, 0.3) is 0 Å². The lowest BCUT2D eigenvalue weighted by molar-refractivity contribution is -0.0586. The molecule has 98 valence electrons. The molecule has 1 aliphatic rings. The molecule has 1 aromatic rings. The Morgan fingerprint density at radius 1 is 1.28 bits per heavy atom. The highest BCUT2D eigenvalue weighted by Gasteiger charge is 2.35. The molecule has 2 nitrogen and oxygen atoms in total. The van der Waals surface area contributed by atoms with E-state index in [2.05, 4.69) is 0 Å². The Kier molecular flexibility index (Phi) is 3.59. The summed E-state index contributed by atoms with van der Waals surface area (Å²) in [6.07, 6.45) is 0.107. The standard InChI is InChI=1S/C13H13F3O2/c14-11-7-9(8-17)1-2-12(11)18-10-3-5-13(15,16)6-4-10/h1-2,7-8,10H,3-6H2. The van der Waals surface area contributed by atoms with Gasteiger partial charge in [0.2, 0.25) is 5.92 Å². The average Bonchev–Trinajstić information content (AvgIpc) is 2.34. The maximum atomic E-state index is 13.5. The molecule has 0 atom stereocenters. The second kappa shape index (κ2) is 5.00. The third kappa shape index (κ3) is 3.03. The Labute approximate surface area is 103 Å². The molecule has 0 bridgehead atoms. The minimum Gasteiger partial charge on any atom is -0.487 e. The zero-order valence-corrected chi connectivity index (χ0v) is 9.67. The number of halogens is 3. The van der Waals surface area contributed by atoms with Crippen LogP contribution in [0, 0.1) is 5.82 Å². The number of carbonyl (C=O) groups is 1. The van der Waals surface area contributed by atoms with E-state index in [1.165, 1.54) is 12.1 Å². The van der Waals surface area contributed by atoms with Gasteiger partial charge in [0.1, 0.15) is 6.29 Å². The van der Waals surface area contributed by atoms with Gasteiger partial charge in [0, 0.05) is 18.4 Å². The Morgan fingerprint density at radius 3 is 2.50 bits per heavy atom. The van der Waals surface area contributed by atoms with E-state index in [0.717, 1.165) is 6.07 Å². The molecule has 0 amide bonds. The van der Waals surface area contributed by atoms with Crippen molar-refractivity contribution >= 4 is 6.29 Å². The molecule has 0 N–H and O–H groups in total. The van der Waals surface area contributed by atoms with Gasteiger partial charge >= 0.3 is 0 Å². The van der Waals surface area contributed by atoms with Crippen LogP contribution in [0.3, 0.4) is 0 Å². The fourth-order valence-electron chi connectivity index (χ4n) is 2.00. The van der Waals surface area contributed by atoms with E-state index in [0.29, 0.717) is 6.29 Å². The molecule has 0 spiro atoms. The van der Waals surface area contributed by atoms with E-state index < -0.39 is 11.7 Å².